The van der Waals surface area contributed by atoms with Crippen LogP contribution in [0.1, 0.15) is 50.2 Å². The van der Waals surface area contributed by atoms with Gasteiger partial charge < -0.3 is 9.84 Å². The van der Waals surface area contributed by atoms with Crippen LogP contribution in [0.15, 0.2) is 18.2 Å². The summed E-state index contributed by atoms with van der Waals surface area (Å²) in [7, 11) is 0. The Bertz CT molecular complexity index is 473. The van der Waals surface area contributed by atoms with Gasteiger partial charge in [0.1, 0.15) is 5.75 Å². The summed E-state index contributed by atoms with van der Waals surface area (Å²) >= 11 is 0. The van der Waals surface area contributed by atoms with Crippen molar-refractivity contribution >= 4 is 5.97 Å². The van der Waals surface area contributed by atoms with E-state index < -0.39 is 5.97 Å². The molecule has 0 aliphatic heterocycles. The van der Waals surface area contributed by atoms with Crippen LogP contribution in [0, 0.1) is 12.3 Å². The van der Waals surface area contributed by atoms with E-state index in [1.165, 1.54) is 11.1 Å². The predicted octanol–water partition coefficient (Wildman–Crippen LogP) is 3.75. The fraction of sp³-hybridized carbons (Fsp3) is 0.562. The zero-order chi connectivity index (χ0) is 14.0. The molecule has 1 aliphatic carbocycles. The molecule has 0 heterocycles. The van der Waals surface area contributed by atoms with Crippen molar-refractivity contribution in [2.45, 2.75) is 46.0 Å². The minimum atomic E-state index is -0.727. The van der Waals surface area contributed by atoms with Crippen LogP contribution in [0.3, 0.4) is 0 Å². The molecule has 19 heavy (non-hydrogen) atoms. The number of carboxylic acid groups (broad SMARTS) is 1. The predicted molar refractivity (Wildman–Crippen MR) is 74.7 cm³/mol. The summed E-state index contributed by atoms with van der Waals surface area (Å²) in [6.07, 6.45) is 2.14. The van der Waals surface area contributed by atoms with Crippen LogP contribution in [-0.2, 0) is 4.79 Å². The second-order valence-corrected chi connectivity index (χ2v) is 6.06. The van der Waals surface area contributed by atoms with Crippen molar-refractivity contribution in [3.63, 3.8) is 0 Å². The minimum Gasteiger partial charge on any atom is -0.493 e. The van der Waals surface area contributed by atoms with E-state index in [-0.39, 0.29) is 11.8 Å². The van der Waals surface area contributed by atoms with Crippen molar-refractivity contribution in [1.29, 1.82) is 0 Å². The van der Waals surface area contributed by atoms with Crippen molar-refractivity contribution < 1.29 is 14.6 Å². The Morgan fingerprint density at radius 1 is 1.42 bits per heavy atom. The molecule has 0 bridgehead atoms. The van der Waals surface area contributed by atoms with Gasteiger partial charge in [-0.15, -0.1) is 0 Å². The Hall–Kier alpha value is -1.51. The largest absolute Gasteiger partial charge is 0.493 e. The van der Waals surface area contributed by atoms with Gasteiger partial charge in [-0.05, 0) is 42.9 Å². The second-order valence-electron chi connectivity index (χ2n) is 6.06. The van der Waals surface area contributed by atoms with Crippen LogP contribution in [0.5, 0.6) is 5.75 Å². The van der Waals surface area contributed by atoms with Crippen LogP contribution in [0.4, 0.5) is 0 Å². The Morgan fingerprint density at radius 3 is 2.63 bits per heavy atom. The molecule has 2 rings (SSSR count). The lowest BCUT2D eigenvalue weighted by Crippen LogP contribution is -2.18. The number of hydrogen-bond donors (Lipinski definition) is 1. The molecule has 3 nitrogen and oxygen atoms in total. The quantitative estimate of drug-likeness (QED) is 0.849. The van der Waals surface area contributed by atoms with Gasteiger partial charge in [-0.3, -0.25) is 4.79 Å². The number of carbonyl (C=O) groups is 1. The zero-order valence-corrected chi connectivity index (χ0v) is 11.9. The van der Waals surface area contributed by atoms with Gasteiger partial charge >= 0.3 is 5.97 Å². The van der Waals surface area contributed by atoms with E-state index in [0.29, 0.717) is 12.5 Å². The highest BCUT2D eigenvalue weighted by Gasteiger charge is 2.45. The van der Waals surface area contributed by atoms with E-state index in [2.05, 4.69) is 26.0 Å². The molecule has 0 atom stereocenters. The number of benzene rings is 1. The first-order valence-electron chi connectivity index (χ1n) is 6.87. The van der Waals surface area contributed by atoms with E-state index in [4.69, 9.17) is 9.84 Å². The van der Waals surface area contributed by atoms with Gasteiger partial charge in [-0.25, -0.2) is 0 Å². The molecular weight excluding hydrogens is 240 g/mol. The summed E-state index contributed by atoms with van der Waals surface area (Å²) in [5.74, 6) is 0.589. The number of aliphatic carboxylic acids is 1. The maximum atomic E-state index is 10.8. The normalized spacial score (nSPS) is 16.4. The molecule has 3 heteroatoms. The number of ether oxygens (including phenoxy) is 1. The molecule has 0 amide bonds. The molecule has 1 aromatic rings. The lowest BCUT2D eigenvalue weighted by molar-refractivity contribution is -0.138. The van der Waals surface area contributed by atoms with Crippen LogP contribution in [0.25, 0.3) is 0 Å². The van der Waals surface area contributed by atoms with Crippen LogP contribution in [0.2, 0.25) is 0 Å². The lowest BCUT2D eigenvalue weighted by atomic mass is 10.00. The first kappa shape index (κ1) is 13.9. The third-order valence-corrected chi connectivity index (χ3v) is 3.81. The molecule has 1 fully saturated rings. The molecule has 0 radical (unpaired) electrons. The van der Waals surface area contributed by atoms with E-state index in [9.17, 15) is 4.79 Å². The maximum absolute atomic E-state index is 10.8. The van der Waals surface area contributed by atoms with Gasteiger partial charge in [-0.2, -0.15) is 0 Å². The van der Waals surface area contributed by atoms with Gasteiger partial charge in [0.2, 0.25) is 0 Å². The number of carboxylic acids is 1. The van der Waals surface area contributed by atoms with E-state index in [1.807, 2.05) is 13.0 Å². The Kier molecular flexibility index (Phi) is 3.83. The second kappa shape index (κ2) is 5.24. The van der Waals surface area contributed by atoms with Crippen molar-refractivity contribution in [3.8, 4) is 5.75 Å². The highest BCUT2D eigenvalue weighted by molar-refractivity contribution is 5.68. The highest BCUT2D eigenvalue weighted by atomic mass is 16.5. The molecule has 104 valence electrons. The van der Waals surface area contributed by atoms with Crippen LogP contribution in [-0.4, -0.2) is 17.7 Å². The molecule has 0 unspecified atom stereocenters. The molecule has 0 saturated heterocycles. The summed E-state index contributed by atoms with van der Waals surface area (Å²) in [5.41, 5.74) is 2.24. The van der Waals surface area contributed by atoms with E-state index in [0.717, 1.165) is 18.6 Å². The average Bonchev–Trinajstić information content (AvgIpc) is 3.05. The maximum Gasteiger partial charge on any atom is 0.304 e. The molecule has 0 aromatic heterocycles. The third-order valence-electron chi connectivity index (χ3n) is 3.81. The van der Waals surface area contributed by atoms with Crippen LogP contribution >= 0.6 is 0 Å². The van der Waals surface area contributed by atoms with Gasteiger partial charge in [-0.1, -0.05) is 26.0 Å². The van der Waals surface area contributed by atoms with E-state index >= 15 is 0 Å². The SMILES string of the molecule is Cc1ccc(C(C)C)c(OCC2(CC(=O)O)CC2)c1. The molecule has 0 spiro atoms. The van der Waals surface area contributed by atoms with Crippen LogP contribution < -0.4 is 4.74 Å². The molecular formula is C16H22O3. The van der Waals surface area contributed by atoms with Crippen molar-refractivity contribution in [3.05, 3.63) is 29.3 Å². The summed E-state index contributed by atoms with van der Waals surface area (Å²) in [4.78, 5) is 10.8. The number of aryl methyl sites for hydroxylation is 1. The summed E-state index contributed by atoms with van der Waals surface area (Å²) in [5, 5.41) is 8.92. The van der Waals surface area contributed by atoms with E-state index in [1.54, 1.807) is 0 Å². The summed E-state index contributed by atoms with van der Waals surface area (Å²) < 4.78 is 5.94. The lowest BCUT2D eigenvalue weighted by Gasteiger charge is -2.18. The Balaban J connectivity index is 2.07. The van der Waals surface area contributed by atoms with Gasteiger partial charge in [0, 0.05) is 5.41 Å². The monoisotopic (exact) mass is 262 g/mol. The van der Waals surface area contributed by atoms with Crippen molar-refractivity contribution in [2.24, 2.45) is 5.41 Å². The smallest absolute Gasteiger partial charge is 0.304 e. The molecule has 1 saturated carbocycles. The van der Waals surface area contributed by atoms with Crippen molar-refractivity contribution in [2.75, 3.05) is 6.61 Å². The minimum absolute atomic E-state index is 0.121. The highest BCUT2D eigenvalue weighted by Crippen LogP contribution is 2.49. The third kappa shape index (κ3) is 3.49. The summed E-state index contributed by atoms with van der Waals surface area (Å²) in [6, 6.07) is 6.24. The van der Waals surface area contributed by atoms with Gasteiger partial charge in [0.25, 0.3) is 0 Å². The fourth-order valence-corrected chi connectivity index (χ4v) is 2.34. The molecule has 1 aromatic carbocycles. The topological polar surface area (TPSA) is 46.5 Å². The Labute approximate surface area is 114 Å². The first-order valence-corrected chi connectivity index (χ1v) is 6.87. The Morgan fingerprint density at radius 2 is 2.11 bits per heavy atom. The molecule has 1 N–H and O–H groups in total. The summed E-state index contributed by atoms with van der Waals surface area (Å²) in [6.45, 7) is 6.84. The van der Waals surface area contributed by atoms with Crippen molar-refractivity contribution in [1.82, 2.24) is 0 Å². The number of rotatable bonds is 6. The zero-order valence-electron chi connectivity index (χ0n) is 11.9. The first-order chi connectivity index (χ1) is 8.92. The number of hydrogen-bond acceptors (Lipinski definition) is 2. The fourth-order valence-electron chi connectivity index (χ4n) is 2.34. The molecule has 1 aliphatic rings. The van der Waals surface area contributed by atoms with Gasteiger partial charge in [0.15, 0.2) is 0 Å². The van der Waals surface area contributed by atoms with Gasteiger partial charge in [0.05, 0.1) is 13.0 Å². The average molecular weight is 262 g/mol. The standard InChI is InChI=1S/C16H22O3/c1-11(2)13-5-4-12(3)8-14(13)19-10-16(6-7-16)9-15(17)18/h4-5,8,11H,6-7,9-10H2,1-3H3,(H,17,18).